The fraction of sp³-hybridized carbons (Fsp3) is 0.826. The second-order valence-corrected chi connectivity index (χ2v) is 8.16. The van der Waals surface area contributed by atoms with Gasteiger partial charge in [-0.3, -0.25) is 9.59 Å². The molecule has 0 aliphatic rings. The molecule has 0 amide bonds. The van der Waals surface area contributed by atoms with E-state index in [-0.39, 0.29) is 24.1 Å². The highest BCUT2D eigenvalue weighted by atomic mass is 16.5. The molecule has 0 bridgehead atoms. The quantitative estimate of drug-likeness (QED) is 0.191. The third-order valence-electron chi connectivity index (χ3n) is 4.55. The maximum atomic E-state index is 11.9. The standard InChI is InChI=1S/C23H42O4/c1-7-15-21(24)26-20(6)16-13-11-9-8-10-12-14-17-22(25)27-23(18(2)3)19(4)5/h12,14,18-20,23H,7-11,13,15-17H2,1-6H3/b14-12-/t20-/m1/s1. The normalized spacial score (nSPS) is 12.9. The number of hydrogen-bond donors (Lipinski definition) is 0. The van der Waals surface area contributed by atoms with Crippen molar-refractivity contribution in [1.82, 2.24) is 0 Å². The lowest BCUT2D eigenvalue weighted by molar-refractivity contribution is -0.153. The van der Waals surface area contributed by atoms with Crippen molar-refractivity contribution in [3.63, 3.8) is 0 Å². The number of carbonyl (C=O) groups is 2. The molecule has 0 saturated heterocycles. The van der Waals surface area contributed by atoms with E-state index in [0.717, 1.165) is 44.9 Å². The third kappa shape index (κ3) is 14.4. The molecule has 0 aliphatic heterocycles. The van der Waals surface area contributed by atoms with Gasteiger partial charge in [-0.25, -0.2) is 0 Å². The number of hydrogen-bond acceptors (Lipinski definition) is 4. The van der Waals surface area contributed by atoms with Gasteiger partial charge in [-0.1, -0.05) is 59.6 Å². The van der Waals surface area contributed by atoms with Gasteiger partial charge in [-0.05, 0) is 50.9 Å². The Bertz CT molecular complexity index is 418. The Hall–Kier alpha value is -1.32. The van der Waals surface area contributed by atoms with Gasteiger partial charge in [0, 0.05) is 6.42 Å². The smallest absolute Gasteiger partial charge is 0.309 e. The Labute approximate surface area is 167 Å². The first-order valence-electron chi connectivity index (χ1n) is 10.8. The molecule has 27 heavy (non-hydrogen) atoms. The lowest BCUT2D eigenvalue weighted by Gasteiger charge is -2.24. The van der Waals surface area contributed by atoms with Crippen LogP contribution in [0.1, 0.15) is 99.3 Å². The predicted octanol–water partition coefficient (Wildman–Crippen LogP) is 6.23. The van der Waals surface area contributed by atoms with Crippen LogP contribution in [0.5, 0.6) is 0 Å². The molecule has 0 spiro atoms. The Balaban J connectivity index is 3.70. The first-order valence-corrected chi connectivity index (χ1v) is 10.8. The van der Waals surface area contributed by atoms with E-state index in [4.69, 9.17) is 9.47 Å². The topological polar surface area (TPSA) is 52.6 Å². The summed E-state index contributed by atoms with van der Waals surface area (Å²) in [6, 6.07) is 0. The number of ether oxygens (including phenoxy) is 2. The minimum atomic E-state index is -0.134. The predicted molar refractivity (Wildman–Crippen MR) is 111 cm³/mol. The van der Waals surface area contributed by atoms with Crippen LogP contribution in [0.25, 0.3) is 0 Å². The van der Waals surface area contributed by atoms with Crippen LogP contribution >= 0.6 is 0 Å². The molecule has 158 valence electrons. The molecule has 0 saturated carbocycles. The molecule has 1 atom stereocenters. The van der Waals surface area contributed by atoms with Crippen LogP contribution < -0.4 is 0 Å². The van der Waals surface area contributed by atoms with Crippen molar-refractivity contribution in [3.8, 4) is 0 Å². The van der Waals surface area contributed by atoms with Gasteiger partial charge in [0.25, 0.3) is 0 Å². The maximum Gasteiger partial charge on any atom is 0.309 e. The lowest BCUT2D eigenvalue weighted by atomic mass is 9.96. The van der Waals surface area contributed by atoms with Crippen LogP contribution in [0.4, 0.5) is 0 Å². The summed E-state index contributed by atoms with van der Waals surface area (Å²) in [5.74, 6) is 0.471. The average Bonchev–Trinajstić information content (AvgIpc) is 2.57. The Morgan fingerprint density at radius 3 is 2.04 bits per heavy atom. The summed E-state index contributed by atoms with van der Waals surface area (Å²) in [4.78, 5) is 23.3. The van der Waals surface area contributed by atoms with Crippen LogP contribution in [-0.2, 0) is 19.1 Å². The molecule has 0 aromatic carbocycles. The van der Waals surface area contributed by atoms with E-state index in [9.17, 15) is 9.59 Å². The summed E-state index contributed by atoms with van der Waals surface area (Å²) < 4.78 is 10.9. The number of rotatable bonds is 15. The minimum Gasteiger partial charge on any atom is -0.463 e. The highest BCUT2D eigenvalue weighted by Gasteiger charge is 2.21. The summed E-state index contributed by atoms with van der Waals surface area (Å²) in [7, 11) is 0. The lowest BCUT2D eigenvalue weighted by Crippen LogP contribution is -2.28. The van der Waals surface area contributed by atoms with Crippen LogP contribution in [0.15, 0.2) is 12.2 Å². The molecule has 0 fully saturated rings. The Morgan fingerprint density at radius 1 is 0.815 bits per heavy atom. The molecule has 4 nitrogen and oxygen atoms in total. The van der Waals surface area contributed by atoms with Crippen molar-refractivity contribution >= 4 is 11.9 Å². The van der Waals surface area contributed by atoms with Crippen molar-refractivity contribution in [2.75, 3.05) is 0 Å². The van der Waals surface area contributed by atoms with Gasteiger partial charge in [0.1, 0.15) is 6.10 Å². The molecule has 0 aromatic heterocycles. The molecule has 0 heterocycles. The van der Waals surface area contributed by atoms with E-state index >= 15 is 0 Å². The fourth-order valence-electron chi connectivity index (χ4n) is 3.13. The number of esters is 2. The van der Waals surface area contributed by atoms with Crippen LogP contribution in [-0.4, -0.2) is 24.1 Å². The highest BCUT2D eigenvalue weighted by molar-refractivity contribution is 5.71. The molecule has 0 unspecified atom stereocenters. The van der Waals surface area contributed by atoms with Crippen molar-refractivity contribution in [2.24, 2.45) is 11.8 Å². The van der Waals surface area contributed by atoms with Gasteiger partial charge in [-0.2, -0.15) is 0 Å². The van der Waals surface area contributed by atoms with Gasteiger partial charge >= 0.3 is 11.9 Å². The van der Waals surface area contributed by atoms with Gasteiger partial charge in [0.15, 0.2) is 0 Å². The van der Waals surface area contributed by atoms with Gasteiger partial charge in [-0.15, -0.1) is 0 Å². The largest absolute Gasteiger partial charge is 0.463 e. The zero-order chi connectivity index (χ0) is 20.7. The van der Waals surface area contributed by atoms with Gasteiger partial charge in [0.05, 0.1) is 12.5 Å². The molecule has 0 aromatic rings. The Morgan fingerprint density at radius 2 is 1.44 bits per heavy atom. The zero-order valence-corrected chi connectivity index (χ0v) is 18.5. The molecule has 0 radical (unpaired) electrons. The molecular formula is C23H42O4. The van der Waals surface area contributed by atoms with Gasteiger partial charge < -0.3 is 9.47 Å². The van der Waals surface area contributed by atoms with E-state index < -0.39 is 0 Å². The molecule has 0 aliphatic carbocycles. The fourth-order valence-corrected chi connectivity index (χ4v) is 3.13. The monoisotopic (exact) mass is 382 g/mol. The van der Waals surface area contributed by atoms with Crippen molar-refractivity contribution in [3.05, 3.63) is 12.2 Å². The first kappa shape index (κ1) is 25.7. The van der Waals surface area contributed by atoms with Crippen LogP contribution in [0.3, 0.4) is 0 Å². The molecule has 0 N–H and O–H groups in total. The van der Waals surface area contributed by atoms with E-state index in [1.807, 2.05) is 19.9 Å². The van der Waals surface area contributed by atoms with Gasteiger partial charge in [0.2, 0.25) is 0 Å². The van der Waals surface area contributed by atoms with Crippen LogP contribution in [0, 0.1) is 11.8 Å². The highest BCUT2D eigenvalue weighted by Crippen LogP contribution is 2.17. The SMILES string of the molecule is CCCC(=O)O[C@H](C)CCCCCC/C=C\CC(=O)OC(C(C)C)C(C)C. The molecule has 0 rings (SSSR count). The summed E-state index contributed by atoms with van der Waals surface area (Å²) in [6.45, 7) is 12.3. The maximum absolute atomic E-state index is 11.9. The first-order chi connectivity index (χ1) is 12.8. The van der Waals surface area contributed by atoms with E-state index in [1.165, 1.54) is 0 Å². The minimum absolute atomic E-state index is 0.00506. The Kier molecular flexibility index (Phi) is 14.9. The van der Waals surface area contributed by atoms with Crippen molar-refractivity contribution in [1.29, 1.82) is 0 Å². The molecule has 4 heteroatoms. The average molecular weight is 383 g/mol. The number of carbonyl (C=O) groups excluding carboxylic acids is 2. The zero-order valence-electron chi connectivity index (χ0n) is 18.5. The molecular weight excluding hydrogens is 340 g/mol. The van der Waals surface area contributed by atoms with E-state index in [0.29, 0.717) is 24.7 Å². The second-order valence-electron chi connectivity index (χ2n) is 8.16. The van der Waals surface area contributed by atoms with Crippen molar-refractivity contribution in [2.45, 2.75) is 112 Å². The summed E-state index contributed by atoms with van der Waals surface area (Å²) >= 11 is 0. The van der Waals surface area contributed by atoms with Crippen molar-refractivity contribution < 1.29 is 19.1 Å². The van der Waals surface area contributed by atoms with Crippen LogP contribution in [0.2, 0.25) is 0 Å². The summed E-state index contributed by atoms with van der Waals surface area (Å²) in [5.41, 5.74) is 0. The van der Waals surface area contributed by atoms with E-state index in [1.54, 1.807) is 0 Å². The number of allylic oxidation sites excluding steroid dienone is 1. The number of unbranched alkanes of at least 4 members (excludes halogenated alkanes) is 4. The third-order valence-corrected chi connectivity index (χ3v) is 4.55. The van der Waals surface area contributed by atoms with E-state index in [2.05, 4.69) is 33.8 Å². The summed E-state index contributed by atoms with van der Waals surface area (Å²) in [5, 5.41) is 0. The second kappa shape index (κ2) is 15.7. The summed E-state index contributed by atoms with van der Waals surface area (Å²) in [6.07, 6.45) is 12.2.